The van der Waals surface area contributed by atoms with E-state index in [-0.39, 0.29) is 11.7 Å². The molecule has 1 heterocycles. The highest BCUT2D eigenvalue weighted by Gasteiger charge is 2.24. The van der Waals surface area contributed by atoms with E-state index in [9.17, 15) is 9.18 Å². The first kappa shape index (κ1) is 22.3. The first-order valence-corrected chi connectivity index (χ1v) is 12.2. The van der Waals surface area contributed by atoms with Crippen molar-refractivity contribution in [3.63, 3.8) is 0 Å². The first-order chi connectivity index (χ1) is 15.0. The van der Waals surface area contributed by atoms with Crippen LogP contribution in [0.5, 0.6) is 5.75 Å². The average Bonchev–Trinajstić information content (AvgIpc) is 3.08. The molecule has 4 nitrogen and oxygen atoms in total. The molecule has 0 bridgehead atoms. The Morgan fingerprint density at radius 1 is 1.03 bits per heavy atom. The van der Waals surface area contributed by atoms with Crippen LogP contribution in [0.25, 0.3) is 6.08 Å². The quantitative estimate of drug-likeness (QED) is 0.252. The largest absolute Gasteiger partial charge is 0.487 e. The normalized spacial score (nSPS) is 16.0. The van der Waals surface area contributed by atoms with Crippen LogP contribution in [0.15, 0.2) is 76.6 Å². The van der Waals surface area contributed by atoms with Crippen molar-refractivity contribution in [3.05, 3.63) is 95.7 Å². The van der Waals surface area contributed by atoms with Crippen LogP contribution in [0.1, 0.15) is 11.1 Å². The van der Waals surface area contributed by atoms with Crippen molar-refractivity contribution in [1.82, 2.24) is 5.32 Å². The average molecular weight is 656 g/mol. The SMILES string of the molecule is O=C1NC(=Nc2ccc(F)cc2)S/C1=C/c1cc(I)c(OCc2ccccc2)c(I)c1. The standard InChI is InChI=1S/C23H15FI2N2O2S/c24-16-6-8-17(9-7-16)27-23-28-22(29)20(31-23)12-15-10-18(25)21(19(26)11-15)30-13-14-4-2-1-3-5-14/h1-12H,13H2,(H,27,28,29)/b20-12+. The van der Waals surface area contributed by atoms with E-state index >= 15 is 0 Å². The maximum atomic E-state index is 13.1. The number of amides is 1. The summed E-state index contributed by atoms with van der Waals surface area (Å²) in [6, 6.07) is 19.8. The lowest BCUT2D eigenvalue weighted by Crippen LogP contribution is -2.19. The van der Waals surface area contributed by atoms with Crippen molar-refractivity contribution in [2.75, 3.05) is 0 Å². The van der Waals surface area contributed by atoms with E-state index in [0.717, 1.165) is 24.0 Å². The minimum Gasteiger partial charge on any atom is -0.487 e. The number of carbonyl (C=O) groups is 1. The molecule has 0 atom stereocenters. The second kappa shape index (κ2) is 10.1. The van der Waals surface area contributed by atoms with E-state index in [0.29, 0.717) is 22.4 Å². The maximum absolute atomic E-state index is 13.1. The Kier molecular flexibility index (Phi) is 7.28. The molecule has 1 fully saturated rings. The first-order valence-electron chi connectivity index (χ1n) is 9.19. The zero-order valence-electron chi connectivity index (χ0n) is 15.9. The fourth-order valence-electron chi connectivity index (χ4n) is 2.80. The van der Waals surface area contributed by atoms with Crippen molar-refractivity contribution >= 4 is 79.8 Å². The molecule has 0 saturated carbocycles. The third-order valence-electron chi connectivity index (χ3n) is 4.25. The van der Waals surface area contributed by atoms with Gasteiger partial charge in [-0.2, -0.15) is 0 Å². The summed E-state index contributed by atoms with van der Waals surface area (Å²) < 4.78 is 21.0. The van der Waals surface area contributed by atoms with Gasteiger partial charge in [0.1, 0.15) is 18.2 Å². The monoisotopic (exact) mass is 656 g/mol. The number of halogens is 3. The number of hydrogen-bond donors (Lipinski definition) is 1. The van der Waals surface area contributed by atoms with E-state index in [1.165, 1.54) is 23.9 Å². The molecule has 0 aromatic heterocycles. The topological polar surface area (TPSA) is 50.7 Å². The van der Waals surface area contributed by atoms with Crippen LogP contribution in [0, 0.1) is 13.0 Å². The zero-order chi connectivity index (χ0) is 21.8. The molecule has 8 heteroatoms. The minimum absolute atomic E-state index is 0.208. The Morgan fingerprint density at radius 3 is 2.39 bits per heavy atom. The van der Waals surface area contributed by atoms with Crippen LogP contribution in [0.2, 0.25) is 0 Å². The van der Waals surface area contributed by atoms with Crippen molar-refractivity contribution in [1.29, 1.82) is 0 Å². The van der Waals surface area contributed by atoms with Gasteiger partial charge in [0.05, 0.1) is 17.7 Å². The fourth-order valence-corrected chi connectivity index (χ4v) is 5.76. The number of nitrogens with zero attached hydrogens (tertiary/aromatic N) is 1. The van der Waals surface area contributed by atoms with E-state index in [1.807, 2.05) is 48.5 Å². The number of ether oxygens (including phenoxy) is 1. The zero-order valence-corrected chi connectivity index (χ0v) is 21.1. The molecule has 1 saturated heterocycles. The summed E-state index contributed by atoms with van der Waals surface area (Å²) >= 11 is 5.75. The van der Waals surface area contributed by atoms with Crippen LogP contribution in [-0.4, -0.2) is 11.1 Å². The molecule has 0 unspecified atom stereocenters. The molecule has 1 aliphatic rings. The Balaban J connectivity index is 1.50. The number of rotatable bonds is 5. The summed E-state index contributed by atoms with van der Waals surface area (Å²) in [6.07, 6.45) is 1.83. The van der Waals surface area contributed by atoms with Gasteiger partial charge in [-0.3, -0.25) is 4.79 Å². The summed E-state index contributed by atoms with van der Waals surface area (Å²) in [7, 11) is 0. The molecule has 0 aliphatic carbocycles. The van der Waals surface area contributed by atoms with Crippen molar-refractivity contribution in [2.45, 2.75) is 6.61 Å². The van der Waals surface area contributed by atoms with E-state index in [2.05, 4.69) is 55.5 Å². The van der Waals surface area contributed by atoms with Crippen LogP contribution >= 0.6 is 56.9 Å². The molecular weight excluding hydrogens is 641 g/mol. The predicted octanol–water partition coefficient (Wildman–Crippen LogP) is 6.51. The second-order valence-corrected chi connectivity index (χ2v) is 9.90. The third kappa shape index (κ3) is 5.86. The maximum Gasteiger partial charge on any atom is 0.264 e. The van der Waals surface area contributed by atoms with Gasteiger partial charge in [-0.25, -0.2) is 9.38 Å². The molecule has 31 heavy (non-hydrogen) atoms. The Bertz CT molecular complexity index is 1160. The number of benzene rings is 3. The number of thioether (sulfide) groups is 1. The Labute approximate surface area is 210 Å². The van der Waals surface area contributed by atoms with Gasteiger partial charge < -0.3 is 10.1 Å². The Hall–Kier alpha value is -1.92. The van der Waals surface area contributed by atoms with E-state index < -0.39 is 0 Å². The molecular formula is C23H15FI2N2O2S. The van der Waals surface area contributed by atoms with Crippen molar-refractivity contribution in [3.8, 4) is 5.75 Å². The van der Waals surface area contributed by atoms with Crippen molar-refractivity contribution in [2.24, 2.45) is 4.99 Å². The molecule has 4 rings (SSSR count). The van der Waals surface area contributed by atoms with Crippen LogP contribution in [0.4, 0.5) is 10.1 Å². The molecule has 156 valence electrons. The summed E-state index contributed by atoms with van der Waals surface area (Å²) in [5.41, 5.74) is 2.59. The van der Waals surface area contributed by atoms with Crippen LogP contribution < -0.4 is 10.1 Å². The van der Waals surface area contributed by atoms with Crippen LogP contribution in [-0.2, 0) is 11.4 Å². The van der Waals surface area contributed by atoms with Gasteiger partial charge in [0.15, 0.2) is 5.17 Å². The number of aliphatic imine (C=N–C) groups is 1. The molecule has 1 aliphatic heterocycles. The van der Waals surface area contributed by atoms with Gasteiger partial charge in [-0.1, -0.05) is 30.3 Å². The predicted molar refractivity (Wildman–Crippen MR) is 140 cm³/mol. The van der Waals surface area contributed by atoms with Gasteiger partial charge in [-0.05, 0) is 111 Å². The Morgan fingerprint density at radius 2 is 1.71 bits per heavy atom. The summed E-state index contributed by atoms with van der Waals surface area (Å²) in [4.78, 5) is 17.3. The highest BCUT2D eigenvalue weighted by atomic mass is 127. The molecule has 1 amide bonds. The fraction of sp³-hybridized carbons (Fsp3) is 0.0435. The highest BCUT2D eigenvalue weighted by Crippen LogP contribution is 2.33. The van der Waals surface area contributed by atoms with Gasteiger partial charge >= 0.3 is 0 Å². The summed E-state index contributed by atoms with van der Waals surface area (Å²) in [5.74, 6) is 0.294. The lowest BCUT2D eigenvalue weighted by atomic mass is 10.2. The summed E-state index contributed by atoms with van der Waals surface area (Å²) in [5, 5.41) is 3.22. The molecule has 0 radical (unpaired) electrons. The summed E-state index contributed by atoms with van der Waals surface area (Å²) in [6.45, 7) is 0.495. The third-order valence-corrected chi connectivity index (χ3v) is 6.76. The highest BCUT2D eigenvalue weighted by molar-refractivity contribution is 14.1. The van der Waals surface area contributed by atoms with Gasteiger partial charge in [0.25, 0.3) is 5.91 Å². The molecule has 1 N–H and O–H groups in total. The van der Waals surface area contributed by atoms with E-state index in [4.69, 9.17) is 4.74 Å². The number of nitrogens with one attached hydrogen (secondary N) is 1. The lowest BCUT2D eigenvalue weighted by Gasteiger charge is -2.11. The number of hydrogen-bond acceptors (Lipinski definition) is 4. The second-order valence-electron chi connectivity index (χ2n) is 6.55. The van der Waals surface area contributed by atoms with Crippen molar-refractivity contribution < 1.29 is 13.9 Å². The van der Waals surface area contributed by atoms with E-state index in [1.54, 1.807) is 12.1 Å². The van der Waals surface area contributed by atoms with Gasteiger partial charge in [0, 0.05) is 0 Å². The molecule has 3 aromatic carbocycles. The van der Waals surface area contributed by atoms with Gasteiger partial charge in [-0.15, -0.1) is 0 Å². The number of carbonyl (C=O) groups excluding carboxylic acids is 1. The minimum atomic E-state index is -0.326. The molecule has 3 aromatic rings. The van der Waals surface area contributed by atoms with Crippen LogP contribution in [0.3, 0.4) is 0 Å². The lowest BCUT2D eigenvalue weighted by molar-refractivity contribution is -0.115. The van der Waals surface area contributed by atoms with Gasteiger partial charge in [0.2, 0.25) is 0 Å². The smallest absolute Gasteiger partial charge is 0.264 e. The molecule has 0 spiro atoms. The number of amidine groups is 1.